The summed E-state index contributed by atoms with van der Waals surface area (Å²) >= 11 is 0. The first-order chi connectivity index (χ1) is 10.8. The van der Waals surface area contributed by atoms with Crippen LogP contribution < -0.4 is 0 Å². The minimum Gasteiger partial charge on any atom is -0.306 e. The lowest BCUT2D eigenvalue weighted by atomic mass is 10.1. The largest absolute Gasteiger partial charge is 0.306 e. The molecule has 2 nitrogen and oxygen atoms in total. The van der Waals surface area contributed by atoms with E-state index in [9.17, 15) is 4.79 Å². The van der Waals surface area contributed by atoms with Crippen molar-refractivity contribution in [1.29, 1.82) is 0 Å². The van der Waals surface area contributed by atoms with Crippen LogP contribution in [0.1, 0.15) is 16.1 Å². The van der Waals surface area contributed by atoms with Gasteiger partial charge in [-0.15, -0.1) is 0 Å². The molecule has 2 aromatic heterocycles. The van der Waals surface area contributed by atoms with E-state index in [1.807, 2.05) is 34.7 Å². The van der Waals surface area contributed by atoms with Gasteiger partial charge in [0, 0.05) is 11.1 Å². The van der Waals surface area contributed by atoms with Crippen LogP contribution in [0, 0.1) is 6.92 Å². The van der Waals surface area contributed by atoms with Crippen LogP contribution in [0.2, 0.25) is 0 Å². The molecule has 2 aromatic carbocycles. The molecule has 0 N–H and O–H groups in total. The van der Waals surface area contributed by atoms with Crippen molar-refractivity contribution in [2.24, 2.45) is 0 Å². The second-order valence-electron chi connectivity index (χ2n) is 5.58. The maximum atomic E-state index is 11.8. The number of hydrogen-bond donors (Lipinski definition) is 0. The summed E-state index contributed by atoms with van der Waals surface area (Å²) in [5.41, 5.74) is 6.06. The number of hydrogen-bond acceptors (Lipinski definition) is 1. The first-order valence-electron chi connectivity index (χ1n) is 7.33. The van der Waals surface area contributed by atoms with E-state index in [4.69, 9.17) is 0 Å². The highest BCUT2D eigenvalue weighted by Crippen LogP contribution is 2.30. The van der Waals surface area contributed by atoms with Gasteiger partial charge in [-0.05, 0) is 42.1 Å². The van der Waals surface area contributed by atoms with Crippen molar-refractivity contribution in [3.05, 3.63) is 78.0 Å². The predicted octanol–water partition coefficient (Wildman–Crippen LogP) is 4.88. The Balaban J connectivity index is 2.13. The summed E-state index contributed by atoms with van der Waals surface area (Å²) in [4.78, 5) is 11.8. The third kappa shape index (κ3) is 1.85. The zero-order valence-corrected chi connectivity index (χ0v) is 12.3. The molecule has 0 aliphatic rings. The Hall–Kier alpha value is -2.87. The van der Waals surface area contributed by atoms with Crippen molar-refractivity contribution in [2.75, 3.05) is 0 Å². The summed E-state index contributed by atoms with van der Waals surface area (Å²) in [6.45, 7) is 2.08. The van der Waals surface area contributed by atoms with Gasteiger partial charge in [-0.2, -0.15) is 0 Å². The summed E-state index contributed by atoms with van der Waals surface area (Å²) < 4.78 is 2.05. The Labute approximate surface area is 128 Å². The molecule has 0 fully saturated rings. The minimum absolute atomic E-state index is 0.704. The number of aldehydes is 1. The molecule has 22 heavy (non-hydrogen) atoms. The molecule has 2 heteroatoms. The fourth-order valence-electron chi connectivity index (χ4n) is 3.09. The van der Waals surface area contributed by atoms with Gasteiger partial charge >= 0.3 is 0 Å². The first-order valence-corrected chi connectivity index (χ1v) is 7.33. The Morgan fingerprint density at radius 2 is 1.73 bits per heavy atom. The van der Waals surface area contributed by atoms with E-state index in [0.717, 1.165) is 33.8 Å². The Kier molecular flexibility index (Phi) is 2.83. The number of carbonyl (C=O) groups is 1. The molecular weight excluding hydrogens is 270 g/mol. The number of aryl methyl sites for hydroxylation is 1. The zero-order valence-electron chi connectivity index (χ0n) is 12.3. The van der Waals surface area contributed by atoms with E-state index in [0.29, 0.717) is 5.69 Å². The number of nitrogens with zero attached hydrogens (tertiary/aromatic N) is 1. The summed E-state index contributed by atoms with van der Waals surface area (Å²) in [6.07, 6.45) is 0.953. The molecule has 0 amide bonds. The van der Waals surface area contributed by atoms with Gasteiger partial charge in [-0.1, -0.05) is 48.0 Å². The Morgan fingerprint density at radius 1 is 0.909 bits per heavy atom. The predicted molar refractivity (Wildman–Crippen MR) is 90.5 cm³/mol. The summed E-state index contributed by atoms with van der Waals surface area (Å²) in [5.74, 6) is 0. The molecular formula is C20H15NO. The highest BCUT2D eigenvalue weighted by molar-refractivity contribution is 5.94. The number of carbonyl (C=O) groups excluding carboxylic acids is 1. The third-order valence-corrected chi connectivity index (χ3v) is 4.12. The molecule has 0 unspecified atom stereocenters. The number of fused-ring (bicyclic) bond motifs is 3. The van der Waals surface area contributed by atoms with Crippen LogP contribution in [-0.2, 0) is 0 Å². The number of pyridine rings is 1. The van der Waals surface area contributed by atoms with Crippen LogP contribution in [-0.4, -0.2) is 10.7 Å². The third-order valence-electron chi connectivity index (χ3n) is 4.12. The van der Waals surface area contributed by atoms with E-state index in [-0.39, 0.29) is 0 Å². The SMILES string of the molecule is Cc1ccc2c(ccc3cc(-c4ccccc4)c(C=O)n32)c1. The Morgan fingerprint density at radius 3 is 2.50 bits per heavy atom. The lowest BCUT2D eigenvalue weighted by Gasteiger charge is -2.06. The summed E-state index contributed by atoms with van der Waals surface area (Å²) in [5, 5.41) is 1.14. The number of rotatable bonds is 2. The summed E-state index contributed by atoms with van der Waals surface area (Å²) in [7, 11) is 0. The standard InChI is InChI=1S/C20H15NO/c1-14-7-10-19-16(11-14)8-9-17-12-18(20(13-22)21(17)19)15-5-3-2-4-6-15/h2-13H,1H3. The maximum absolute atomic E-state index is 11.8. The average Bonchev–Trinajstić information content (AvgIpc) is 2.94. The van der Waals surface area contributed by atoms with Crippen LogP contribution in [0.25, 0.3) is 27.5 Å². The van der Waals surface area contributed by atoms with Gasteiger partial charge in [-0.25, -0.2) is 0 Å². The zero-order chi connectivity index (χ0) is 15.1. The highest BCUT2D eigenvalue weighted by atomic mass is 16.1. The molecule has 0 radical (unpaired) electrons. The molecule has 4 rings (SSSR count). The quantitative estimate of drug-likeness (QED) is 0.481. The molecule has 4 aromatic rings. The van der Waals surface area contributed by atoms with Crippen molar-refractivity contribution in [2.45, 2.75) is 6.92 Å². The smallest absolute Gasteiger partial charge is 0.167 e. The van der Waals surface area contributed by atoms with Crippen LogP contribution in [0.3, 0.4) is 0 Å². The highest BCUT2D eigenvalue weighted by Gasteiger charge is 2.13. The van der Waals surface area contributed by atoms with Gasteiger partial charge in [0.25, 0.3) is 0 Å². The maximum Gasteiger partial charge on any atom is 0.167 e. The van der Waals surface area contributed by atoms with Crippen molar-refractivity contribution in [3.8, 4) is 11.1 Å². The Bertz CT molecular complexity index is 997. The van der Waals surface area contributed by atoms with Gasteiger partial charge < -0.3 is 4.40 Å². The normalized spacial score (nSPS) is 11.1. The van der Waals surface area contributed by atoms with Gasteiger partial charge in [0.15, 0.2) is 6.29 Å². The molecule has 0 aliphatic carbocycles. The van der Waals surface area contributed by atoms with Gasteiger partial charge in [0.05, 0.1) is 11.2 Å². The second-order valence-corrected chi connectivity index (χ2v) is 5.58. The fraction of sp³-hybridized carbons (Fsp3) is 0.0500. The van der Waals surface area contributed by atoms with E-state index >= 15 is 0 Å². The molecule has 2 heterocycles. The van der Waals surface area contributed by atoms with Crippen LogP contribution >= 0.6 is 0 Å². The molecule has 0 atom stereocenters. The molecule has 0 bridgehead atoms. The van der Waals surface area contributed by atoms with Gasteiger partial charge in [-0.3, -0.25) is 4.79 Å². The first kappa shape index (κ1) is 12.8. The number of aromatic nitrogens is 1. The van der Waals surface area contributed by atoms with E-state index in [1.54, 1.807) is 0 Å². The minimum atomic E-state index is 0.704. The monoisotopic (exact) mass is 285 g/mol. The molecule has 106 valence electrons. The second kappa shape index (κ2) is 4.85. The fourth-order valence-corrected chi connectivity index (χ4v) is 3.09. The van der Waals surface area contributed by atoms with Crippen molar-refractivity contribution in [1.82, 2.24) is 4.40 Å². The van der Waals surface area contributed by atoms with Crippen LogP contribution in [0.4, 0.5) is 0 Å². The van der Waals surface area contributed by atoms with Crippen LogP contribution in [0.5, 0.6) is 0 Å². The van der Waals surface area contributed by atoms with E-state index in [1.165, 1.54) is 5.56 Å². The number of benzene rings is 2. The van der Waals surface area contributed by atoms with Crippen molar-refractivity contribution < 1.29 is 4.79 Å². The molecule has 0 saturated carbocycles. The molecule has 0 saturated heterocycles. The summed E-state index contributed by atoms with van der Waals surface area (Å²) in [6, 6.07) is 22.6. The molecule has 0 aliphatic heterocycles. The average molecular weight is 285 g/mol. The van der Waals surface area contributed by atoms with Crippen molar-refractivity contribution >= 4 is 22.7 Å². The topological polar surface area (TPSA) is 21.5 Å². The van der Waals surface area contributed by atoms with E-state index in [2.05, 4.69) is 43.3 Å². The van der Waals surface area contributed by atoms with Gasteiger partial charge in [0.2, 0.25) is 0 Å². The van der Waals surface area contributed by atoms with E-state index < -0.39 is 0 Å². The lowest BCUT2D eigenvalue weighted by molar-refractivity contribution is 0.111. The lowest BCUT2D eigenvalue weighted by Crippen LogP contribution is -1.95. The van der Waals surface area contributed by atoms with Crippen LogP contribution in [0.15, 0.2) is 66.7 Å². The van der Waals surface area contributed by atoms with Crippen molar-refractivity contribution in [3.63, 3.8) is 0 Å². The molecule has 0 spiro atoms. The van der Waals surface area contributed by atoms with Gasteiger partial charge in [0.1, 0.15) is 0 Å².